The van der Waals surface area contributed by atoms with Crippen LogP contribution in [0.3, 0.4) is 0 Å². The molecule has 0 aliphatic rings. The Morgan fingerprint density at radius 1 is 1.73 bits per heavy atom. The molecule has 0 aliphatic heterocycles. The molecule has 0 aromatic carbocycles. The van der Waals surface area contributed by atoms with Gasteiger partial charge in [-0.1, -0.05) is 0 Å². The van der Waals surface area contributed by atoms with Crippen LogP contribution in [0.1, 0.15) is 12.6 Å². The van der Waals surface area contributed by atoms with Crippen molar-refractivity contribution < 1.29 is 0 Å². The Morgan fingerprint density at radius 2 is 2.55 bits per heavy atom. The Hall–Kier alpha value is -1.56. The van der Waals surface area contributed by atoms with Crippen molar-refractivity contribution in [3.8, 4) is 6.07 Å². The van der Waals surface area contributed by atoms with Crippen LogP contribution in [0.2, 0.25) is 0 Å². The lowest BCUT2D eigenvalue weighted by Crippen LogP contribution is -1.99. The van der Waals surface area contributed by atoms with Crippen LogP contribution in [0.4, 0.5) is 5.69 Å². The Bertz CT molecular complexity index is 275. The van der Waals surface area contributed by atoms with Crippen LogP contribution in [0.15, 0.2) is 18.3 Å². The lowest BCUT2D eigenvalue weighted by atomic mass is 10.3. The first-order valence-corrected chi connectivity index (χ1v) is 3.47. The summed E-state index contributed by atoms with van der Waals surface area (Å²) in [4.78, 5) is 3.89. The molecule has 11 heavy (non-hydrogen) atoms. The van der Waals surface area contributed by atoms with Crippen LogP contribution in [0.5, 0.6) is 0 Å². The fourth-order valence-corrected chi connectivity index (χ4v) is 0.827. The van der Waals surface area contributed by atoms with E-state index in [1.807, 2.05) is 19.1 Å². The van der Waals surface area contributed by atoms with Gasteiger partial charge in [-0.2, -0.15) is 5.26 Å². The molecule has 3 nitrogen and oxygen atoms in total. The maximum atomic E-state index is 8.59. The van der Waals surface area contributed by atoms with E-state index in [9.17, 15) is 0 Å². The number of hydrogen-bond donors (Lipinski definition) is 1. The van der Waals surface area contributed by atoms with E-state index in [1.165, 1.54) is 0 Å². The monoisotopic (exact) mass is 147 g/mol. The fourth-order valence-electron chi connectivity index (χ4n) is 0.827. The van der Waals surface area contributed by atoms with Gasteiger partial charge in [0.05, 0.1) is 5.69 Å². The summed E-state index contributed by atoms with van der Waals surface area (Å²) in [6.07, 6.45) is 1.61. The quantitative estimate of drug-likeness (QED) is 0.687. The molecular formula is C8H9N3. The van der Waals surface area contributed by atoms with Gasteiger partial charge in [-0.15, -0.1) is 0 Å². The molecule has 1 aromatic rings. The van der Waals surface area contributed by atoms with Gasteiger partial charge >= 0.3 is 0 Å². The fraction of sp³-hybridized carbons (Fsp3) is 0.250. The van der Waals surface area contributed by atoms with Crippen LogP contribution in [0, 0.1) is 11.3 Å². The highest BCUT2D eigenvalue weighted by atomic mass is 14.9. The van der Waals surface area contributed by atoms with Crippen LogP contribution in [-0.2, 0) is 0 Å². The van der Waals surface area contributed by atoms with Crippen molar-refractivity contribution in [2.24, 2.45) is 0 Å². The third-order valence-electron chi connectivity index (χ3n) is 1.28. The first kappa shape index (κ1) is 7.55. The number of nitrogens with one attached hydrogen (secondary N) is 1. The van der Waals surface area contributed by atoms with Crippen LogP contribution >= 0.6 is 0 Å². The smallest absolute Gasteiger partial charge is 0.163 e. The third kappa shape index (κ3) is 1.68. The Labute approximate surface area is 65.7 Å². The van der Waals surface area contributed by atoms with E-state index in [4.69, 9.17) is 5.26 Å². The molecule has 0 fully saturated rings. The van der Waals surface area contributed by atoms with Crippen LogP contribution < -0.4 is 5.32 Å². The minimum Gasteiger partial charge on any atom is -0.383 e. The van der Waals surface area contributed by atoms with Crippen LogP contribution in [-0.4, -0.2) is 11.5 Å². The summed E-state index contributed by atoms with van der Waals surface area (Å²) >= 11 is 0. The molecule has 0 amide bonds. The summed E-state index contributed by atoms with van der Waals surface area (Å²) in [6, 6.07) is 5.65. The Kier molecular flexibility index (Phi) is 2.45. The van der Waals surface area contributed by atoms with Gasteiger partial charge in [-0.25, -0.2) is 4.98 Å². The minimum absolute atomic E-state index is 0.453. The zero-order chi connectivity index (χ0) is 8.10. The Morgan fingerprint density at radius 3 is 3.18 bits per heavy atom. The largest absolute Gasteiger partial charge is 0.383 e. The van der Waals surface area contributed by atoms with Crippen molar-refractivity contribution in [1.82, 2.24) is 4.98 Å². The maximum absolute atomic E-state index is 8.59. The number of anilines is 1. The van der Waals surface area contributed by atoms with E-state index >= 15 is 0 Å². The summed E-state index contributed by atoms with van der Waals surface area (Å²) in [5.41, 5.74) is 1.26. The van der Waals surface area contributed by atoms with E-state index in [0.29, 0.717) is 5.69 Å². The molecule has 0 aliphatic carbocycles. The van der Waals surface area contributed by atoms with E-state index < -0.39 is 0 Å². The highest BCUT2D eigenvalue weighted by Crippen LogP contribution is 2.09. The number of pyridine rings is 1. The summed E-state index contributed by atoms with van der Waals surface area (Å²) in [7, 11) is 0. The van der Waals surface area contributed by atoms with E-state index in [1.54, 1.807) is 12.3 Å². The summed E-state index contributed by atoms with van der Waals surface area (Å²) in [6.45, 7) is 2.79. The zero-order valence-corrected chi connectivity index (χ0v) is 6.33. The molecule has 0 radical (unpaired) electrons. The Balaban J connectivity index is 2.95. The van der Waals surface area contributed by atoms with Gasteiger partial charge in [0.1, 0.15) is 6.07 Å². The summed E-state index contributed by atoms with van der Waals surface area (Å²) in [5, 5.41) is 11.6. The molecule has 1 heterocycles. The maximum Gasteiger partial charge on any atom is 0.163 e. The molecule has 1 rings (SSSR count). The van der Waals surface area contributed by atoms with Gasteiger partial charge in [0, 0.05) is 12.7 Å². The molecule has 0 atom stereocenters. The zero-order valence-electron chi connectivity index (χ0n) is 6.33. The molecule has 0 saturated carbocycles. The van der Waals surface area contributed by atoms with Crippen molar-refractivity contribution in [2.75, 3.05) is 11.9 Å². The third-order valence-corrected chi connectivity index (χ3v) is 1.28. The van der Waals surface area contributed by atoms with E-state index in [-0.39, 0.29) is 0 Å². The normalized spacial score (nSPS) is 8.73. The second-order valence-corrected chi connectivity index (χ2v) is 2.04. The molecule has 0 bridgehead atoms. The highest BCUT2D eigenvalue weighted by molar-refractivity contribution is 5.52. The second kappa shape index (κ2) is 3.57. The van der Waals surface area contributed by atoms with Gasteiger partial charge in [0.15, 0.2) is 5.69 Å². The van der Waals surface area contributed by atoms with Gasteiger partial charge in [0.2, 0.25) is 0 Å². The van der Waals surface area contributed by atoms with Crippen molar-refractivity contribution >= 4 is 5.69 Å². The topological polar surface area (TPSA) is 48.7 Å². The van der Waals surface area contributed by atoms with Crippen molar-refractivity contribution in [1.29, 1.82) is 5.26 Å². The first-order chi connectivity index (χ1) is 5.38. The van der Waals surface area contributed by atoms with Gasteiger partial charge < -0.3 is 5.32 Å². The second-order valence-electron chi connectivity index (χ2n) is 2.04. The van der Waals surface area contributed by atoms with E-state index in [0.717, 1.165) is 12.2 Å². The van der Waals surface area contributed by atoms with Gasteiger partial charge in [-0.05, 0) is 19.1 Å². The van der Waals surface area contributed by atoms with Gasteiger partial charge in [-0.3, -0.25) is 0 Å². The number of aromatic nitrogens is 1. The highest BCUT2D eigenvalue weighted by Gasteiger charge is 1.97. The number of nitrogens with zero attached hydrogens (tertiary/aromatic N) is 2. The average molecular weight is 147 g/mol. The van der Waals surface area contributed by atoms with Crippen molar-refractivity contribution in [3.05, 3.63) is 24.0 Å². The van der Waals surface area contributed by atoms with E-state index in [2.05, 4.69) is 10.3 Å². The van der Waals surface area contributed by atoms with Gasteiger partial charge in [0.25, 0.3) is 0 Å². The molecule has 1 N–H and O–H groups in total. The molecule has 0 saturated heterocycles. The molecule has 3 heteroatoms. The lowest BCUT2D eigenvalue weighted by Gasteiger charge is -2.02. The number of hydrogen-bond acceptors (Lipinski definition) is 3. The van der Waals surface area contributed by atoms with Crippen LogP contribution in [0.25, 0.3) is 0 Å². The minimum atomic E-state index is 0.453. The standard InChI is InChI=1S/C8H9N3/c1-2-10-7-4-3-5-11-8(7)6-9/h3-5,10H,2H2,1H3. The lowest BCUT2D eigenvalue weighted by molar-refractivity contribution is 1.17. The summed E-state index contributed by atoms with van der Waals surface area (Å²) in [5.74, 6) is 0. The summed E-state index contributed by atoms with van der Waals surface area (Å²) < 4.78 is 0. The predicted octanol–water partition coefficient (Wildman–Crippen LogP) is 1.39. The number of nitriles is 1. The molecule has 0 spiro atoms. The molecule has 0 unspecified atom stereocenters. The predicted molar refractivity (Wildman–Crippen MR) is 43.1 cm³/mol. The molecule has 1 aromatic heterocycles. The average Bonchev–Trinajstić information content (AvgIpc) is 2.06. The first-order valence-electron chi connectivity index (χ1n) is 3.47. The number of rotatable bonds is 2. The molecular weight excluding hydrogens is 138 g/mol. The molecule has 56 valence electrons. The van der Waals surface area contributed by atoms with Crippen molar-refractivity contribution in [2.45, 2.75) is 6.92 Å². The SMILES string of the molecule is CCNc1cccnc1C#N. The van der Waals surface area contributed by atoms with Crippen molar-refractivity contribution in [3.63, 3.8) is 0 Å².